The van der Waals surface area contributed by atoms with Crippen molar-refractivity contribution in [3.63, 3.8) is 0 Å². The van der Waals surface area contributed by atoms with Crippen LogP contribution in [0.3, 0.4) is 0 Å². The summed E-state index contributed by atoms with van der Waals surface area (Å²) in [4.78, 5) is 25.7. The highest BCUT2D eigenvalue weighted by Crippen LogP contribution is 2.31. The third-order valence-electron chi connectivity index (χ3n) is 4.61. The zero-order valence-electron chi connectivity index (χ0n) is 12.1. The largest absolute Gasteiger partial charge is 0.469 e. The van der Waals surface area contributed by atoms with Gasteiger partial charge in [0.2, 0.25) is 0 Å². The molecule has 5 heteroatoms. The number of carbonyl (C=O) groups is 2. The van der Waals surface area contributed by atoms with E-state index in [9.17, 15) is 9.59 Å². The van der Waals surface area contributed by atoms with Gasteiger partial charge in [-0.15, -0.1) is 0 Å². The van der Waals surface area contributed by atoms with Crippen LogP contribution < -0.4 is 5.32 Å². The second kappa shape index (κ2) is 5.39. The van der Waals surface area contributed by atoms with Crippen LogP contribution in [0.1, 0.15) is 39.5 Å². The Morgan fingerprint density at radius 1 is 1.37 bits per heavy atom. The van der Waals surface area contributed by atoms with Gasteiger partial charge in [0.1, 0.15) is 0 Å². The van der Waals surface area contributed by atoms with Crippen molar-refractivity contribution in [2.24, 2.45) is 11.3 Å². The number of amides is 2. The molecule has 0 radical (unpaired) electrons. The standard InChI is InChI=1S/C14H24N2O3/c1-10-5-4-6-11(10)15-13(18)16-8-7-14(2,9-16)12(17)19-3/h10-11H,4-9H2,1-3H3,(H,15,18). The molecule has 1 saturated carbocycles. The summed E-state index contributed by atoms with van der Waals surface area (Å²) in [7, 11) is 1.40. The van der Waals surface area contributed by atoms with Crippen LogP contribution in [0.4, 0.5) is 4.79 Å². The number of hydrogen-bond donors (Lipinski definition) is 1. The minimum atomic E-state index is -0.548. The molecule has 1 heterocycles. The van der Waals surface area contributed by atoms with E-state index in [0.717, 1.165) is 6.42 Å². The zero-order chi connectivity index (χ0) is 14.0. The van der Waals surface area contributed by atoms with Crippen molar-refractivity contribution >= 4 is 12.0 Å². The molecule has 3 atom stereocenters. The molecule has 2 aliphatic rings. The van der Waals surface area contributed by atoms with Gasteiger partial charge < -0.3 is 15.0 Å². The molecular weight excluding hydrogens is 244 g/mol. The summed E-state index contributed by atoms with van der Waals surface area (Å²) in [6.07, 6.45) is 4.11. The van der Waals surface area contributed by atoms with Crippen LogP contribution in [0.5, 0.6) is 0 Å². The average molecular weight is 268 g/mol. The summed E-state index contributed by atoms with van der Waals surface area (Å²) in [6.45, 7) is 5.12. The quantitative estimate of drug-likeness (QED) is 0.776. The molecule has 19 heavy (non-hydrogen) atoms. The van der Waals surface area contributed by atoms with E-state index in [-0.39, 0.29) is 18.0 Å². The molecule has 5 nitrogen and oxygen atoms in total. The first-order chi connectivity index (χ1) is 8.96. The monoisotopic (exact) mass is 268 g/mol. The number of nitrogens with one attached hydrogen (secondary N) is 1. The number of rotatable bonds is 2. The molecular formula is C14H24N2O3. The summed E-state index contributed by atoms with van der Waals surface area (Å²) >= 11 is 0. The van der Waals surface area contributed by atoms with E-state index in [4.69, 9.17) is 4.74 Å². The molecule has 1 aliphatic carbocycles. The van der Waals surface area contributed by atoms with Gasteiger partial charge >= 0.3 is 12.0 Å². The number of methoxy groups -OCH3 is 1. The Morgan fingerprint density at radius 2 is 2.11 bits per heavy atom. The van der Waals surface area contributed by atoms with Crippen LogP contribution in [0.25, 0.3) is 0 Å². The van der Waals surface area contributed by atoms with E-state index in [0.29, 0.717) is 25.4 Å². The highest BCUT2D eigenvalue weighted by Gasteiger charge is 2.43. The number of carbonyl (C=O) groups excluding carboxylic acids is 2. The molecule has 0 bridgehead atoms. The Bertz CT molecular complexity index is 372. The Hall–Kier alpha value is -1.26. The lowest BCUT2D eigenvalue weighted by molar-refractivity contribution is -0.150. The lowest BCUT2D eigenvalue weighted by Crippen LogP contribution is -2.46. The fraction of sp³-hybridized carbons (Fsp3) is 0.857. The second-order valence-electron chi connectivity index (χ2n) is 6.19. The van der Waals surface area contributed by atoms with Gasteiger partial charge in [-0.25, -0.2) is 4.79 Å². The van der Waals surface area contributed by atoms with Crippen molar-refractivity contribution in [2.45, 2.75) is 45.6 Å². The van der Waals surface area contributed by atoms with Gasteiger partial charge in [-0.1, -0.05) is 13.3 Å². The van der Waals surface area contributed by atoms with Crippen molar-refractivity contribution in [1.82, 2.24) is 10.2 Å². The van der Waals surface area contributed by atoms with Crippen LogP contribution in [0, 0.1) is 11.3 Å². The van der Waals surface area contributed by atoms with Gasteiger partial charge in [0.15, 0.2) is 0 Å². The lowest BCUT2D eigenvalue weighted by Gasteiger charge is -2.25. The fourth-order valence-corrected chi connectivity index (χ4v) is 3.16. The van der Waals surface area contributed by atoms with Crippen LogP contribution in [0.15, 0.2) is 0 Å². The SMILES string of the molecule is COC(=O)C1(C)CCN(C(=O)NC2CCCC2C)C1. The molecule has 2 amide bonds. The molecule has 0 aromatic heterocycles. The molecule has 1 N–H and O–H groups in total. The maximum absolute atomic E-state index is 12.2. The van der Waals surface area contributed by atoms with E-state index in [2.05, 4.69) is 12.2 Å². The Kier molecular flexibility index (Phi) is 4.02. The highest BCUT2D eigenvalue weighted by molar-refractivity contribution is 5.80. The van der Waals surface area contributed by atoms with Crippen LogP contribution in [-0.4, -0.2) is 43.1 Å². The smallest absolute Gasteiger partial charge is 0.317 e. The first kappa shape index (κ1) is 14.2. The molecule has 1 aliphatic heterocycles. The number of hydrogen-bond acceptors (Lipinski definition) is 3. The number of ether oxygens (including phenoxy) is 1. The van der Waals surface area contributed by atoms with Crippen LogP contribution in [-0.2, 0) is 9.53 Å². The maximum atomic E-state index is 12.2. The van der Waals surface area contributed by atoms with Crippen molar-refractivity contribution in [3.05, 3.63) is 0 Å². The van der Waals surface area contributed by atoms with E-state index in [1.807, 2.05) is 6.92 Å². The number of nitrogens with zero attached hydrogens (tertiary/aromatic N) is 1. The second-order valence-corrected chi connectivity index (χ2v) is 6.19. The number of esters is 1. The highest BCUT2D eigenvalue weighted by atomic mass is 16.5. The molecule has 0 aromatic rings. The Morgan fingerprint density at radius 3 is 2.68 bits per heavy atom. The first-order valence-electron chi connectivity index (χ1n) is 7.10. The number of likely N-dealkylation sites (tertiary alicyclic amines) is 1. The Labute approximate surface area is 114 Å². The molecule has 1 saturated heterocycles. The van der Waals surface area contributed by atoms with Crippen molar-refractivity contribution in [2.75, 3.05) is 20.2 Å². The maximum Gasteiger partial charge on any atom is 0.317 e. The summed E-state index contributed by atoms with van der Waals surface area (Å²) < 4.78 is 4.82. The van der Waals surface area contributed by atoms with Gasteiger partial charge in [0, 0.05) is 19.1 Å². The predicted octanol–water partition coefficient (Wildman–Crippen LogP) is 1.77. The summed E-state index contributed by atoms with van der Waals surface area (Å²) in [6, 6.07) is 0.254. The molecule has 108 valence electrons. The van der Waals surface area contributed by atoms with E-state index < -0.39 is 5.41 Å². The van der Waals surface area contributed by atoms with E-state index in [1.165, 1.54) is 20.0 Å². The van der Waals surface area contributed by atoms with Crippen molar-refractivity contribution in [1.29, 1.82) is 0 Å². The molecule has 0 aromatic carbocycles. The minimum Gasteiger partial charge on any atom is -0.469 e. The van der Waals surface area contributed by atoms with Gasteiger partial charge in [0.25, 0.3) is 0 Å². The fourth-order valence-electron chi connectivity index (χ4n) is 3.16. The van der Waals surface area contributed by atoms with Gasteiger partial charge in [0.05, 0.1) is 12.5 Å². The van der Waals surface area contributed by atoms with Gasteiger partial charge in [-0.2, -0.15) is 0 Å². The topological polar surface area (TPSA) is 58.6 Å². The summed E-state index contributed by atoms with van der Waals surface area (Å²) in [5.41, 5.74) is -0.548. The summed E-state index contributed by atoms with van der Waals surface area (Å²) in [5, 5.41) is 3.10. The first-order valence-corrected chi connectivity index (χ1v) is 7.10. The zero-order valence-corrected chi connectivity index (χ0v) is 12.1. The van der Waals surface area contributed by atoms with Gasteiger partial charge in [-0.05, 0) is 32.1 Å². The van der Waals surface area contributed by atoms with Gasteiger partial charge in [-0.3, -0.25) is 4.79 Å². The van der Waals surface area contributed by atoms with E-state index >= 15 is 0 Å². The molecule has 0 spiro atoms. The third-order valence-corrected chi connectivity index (χ3v) is 4.61. The lowest BCUT2D eigenvalue weighted by atomic mass is 9.90. The Balaban J connectivity index is 1.90. The number of urea groups is 1. The molecule has 2 rings (SSSR count). The predicted molar refractivity (Wildman–Crippen MR) is 71.6 cm³/mol. The van der Waals surface area contributed by atoms with Crippen molar-refractivity contribution < 1.29 is 14.3 Å². The van der Waals surface area contributed by atoms with Crippen molar-refractivity contribution in [3.8, 4) is 0 Å². The normalized spacial score (nSPS) is 34.4. The van der Waals surface area contributed by atoms with E-state index in [1.54, 1.807) is 4.90 Å². The molecule has 2 fully saturated rings. The minimum absolute atomic E-state index is 0.0358. The van der Waals surface area contributed by atoms with Crippen LogP contribution in [0.2, 0.25) is 0 Å². The third kappa shape index (κ3) is 2.85. The average Bonchev–Trinajstić information content (AvgIpc) is 2.97. The van der Waals surface area contributed by atoms with Crippen LogP contribution >= 0.6 is 0 Å². The molecule has 3 unspecified atom stereocenters. The summed E-state index contributed by atoms with van der Waals surface area (Å²) in [5.74, 6) is 0.329.